The molecule has 9 unspecified atom stereocenters. The van der Waals surface area contributed by atoms with Gasteiger partial charge >= 0.3 is 11.9 Å². The summed E-state index contributed by atoms with van der Waals surface area (Å²) in [6.07, 6.45) is 6.70. The maximum atomic E-state index is 14.2. The number of azo groups is 1. The summed E-state index contributed by atoms with van der Waals surface area (Å²) < 4.78 is 22.9. The number of aryl methyl sites for hydroxylation is 1. The fraction of sp³-hybridized carbons (Fsp3) is 0.545. The van der Waals surface area contributed by atoms with Crippen LogP contribution in [0.1, 0.15) is 95.5 Å². The first-order valence-electron chi connectivity index (χ1n) is 19.8. The maximum absolute atomic E-state index is 14.2. The molecule has 0 saturated heterocycles. The molecule has 2 N–H and O–H groups in total. The zero-order valence-electron chi connectivity index (χ0n) is 32.7. The lowest BCUT2D eigenvalue weighted by atomic mass is 9.46. The molecule has 0 aromatic heterocycles. The fourth-order valence-electron chi connectivity index (χ4n) is 10.4. The molecule has 0 bridgehead atoms. The topological polar surface area (TPSA) is 170 Å². The number of cyclic esters (lactones) is 1. The number of ketones is 2. The molecule has 4 aliphatic carbocycles. The number of carbonyl (C=O) groups is 4. The van der Waals surface area contributed by atoms with Crippen molar-refractivity contribution in [2.75, 3.05) is 6.61 Å². The van der Waals surface area contributed by atoms with Crippen LogP contribution >= 0.6 is 0 Å². The highest BCUT2D eigenvalue weighted by Crippen LogP contribution is 2.66. The molecule has 56 heavy (non-hydrogen) atoms. The van der Waals surface area contributed by atoms with Crippen LogP contribution < -0.4 is 4.74 Å². The molecule has 1 heterocycles. The number of hydrogen-bond acceptors (Lipinski definition) is 12. The van der Waals surface area contributed by atoms with E-state index in [4.69, 9.17) is 18.9 Å². The third-order valence-electron chi connectivity index (χ3n) is 12.8. The number of allylic oxidation sites excluding steroid dienone is 4. The van der Waals surface area contributed by atoms with E-state index in [9.17, 15) is 29.4 Å². The molecular weight excluding hydrogens is 716 g/mol. The van der Waals surface area contributed by atoms with E-state index in [1.54, 1.807) is 56.3 Å². The van der Waals surface area contributed by atoms with Crippen molar-refractivity contribution in [1.29, 1.82) is 0 Å². The van der Waals surface area contributed by atoms with Gasteiger partial charge in [0.1, 0.15) is 17.9 Å². The highest BCUT2D eigenvalue weighted by molar-refractivity contribution is 6.01. The first-order chi connectivity index (χ1) is 26.6. The van der Waals surface area contributed by atoms with E-state index in [0.717, 1.165) is 24.0 Å². The van der Waals surface area contributed by atoms with E-state index in [1.165, 1.54) is 0 Å². The van der Waals surface area contributed by atoms with Gasteiger partial charge in [0.2, 0.25) is 5.79 Å². The van der Waals surface area contributed by atoms with Gasteiger partial charge in [0.05, 0.1) is 29.5 Å². The van der Waals surface area contributed by atoms with Gasteiger partial charge in [-0.3, -0.25) is 14.4 Å². The highest BCUT2D eigenvalue weighted by Gasteiger charge is 2.65. The molecule has 12 nitrogen and oxygen atoms in total. The van der Waals surface area contributed by atoms with E-state index in [-0.39, 0.29) is 47.7 Å². The average Bonchev–Trinajstić information content (AvgIpc) is 3.43. The standard InChI is InChI=1S/C44H52N2O10/c1-6-9-38(51)54-36-22-31-29-15-13-26-20-28(47)18-19-43(26,4)39(29)33(48)23-44(31,5)40(36)34(49)24-53-37(50)17-12-25-10-7-8-11-32(25)46-45-27-14-16-35-30(21-27)41(52)56-42(2,3)55-35/h7-8,10-11,14,16,18-21,29,31,33,36,38-40,48,51H,6,9,12-13,15,17,22-24H2,1-5H3. The van der Waals surface area contributed by atoms with Crippen LogP contribution in [0.25, 0.3) is 0 Å². The first kappa shape index (κ1) is 39.7. The van der Waals surface area contributed by atoms with Crippen molar-refractivity contribution in [2.45, 2.75) is 110 Å². The van der Waals surface area contributed by atoms with Crippen molar-refractivity contribution in [3.8, 4) is 5.75 Å². The molecule has 2 aromatic rings. The minimum Gasteiger partial charge on any atom is -0.458 e. The summed E-state index contributed by atoms with van der Waals surface area (Å²) in [6, 6.07) is 12.1. The van der Waals surface area contributed by atoms with Gasteiger partial charge in [-0.15, -0.1) is 0 Å². The number of Topliss-reactive ketones (excluding diaryl/α,β-unsaturated/α-hetero) is 1. The number of hydrogen-bond donors (Lipinski definition) is 2. The average molecular weight is 769 g/mol. The summed E-state index contributed by atoms with van der Waals surface area (Å²) in [5.41, 5.74) is 1.89. The van der Waals surface area contributed by atoms with Crippen molar-refractivity contribution in [3.63, 3.8) is 0 Å². The Bertz CT molecular complexity index is 1990. The molecule has 298 valence electrons. The SMILES string of the molecule is CCCC(O)OC1CC2C3CCC4=CC(=O)C=CC4(C)C3C(O)CC2(C)C1C(=O)COC(=O)CCc1ccccc1N=Nc1ccc2c(c1)C(=O)OC(C)(C)O2. The van der Waals surface area contributed by atoms with Crippen LogP contribution in [0.5, 0.6) is 5.75 Å². The second kappa shape index (κ2) is 15.4. The summed E-state index contributed by atoms with van der Waals surface area (Å²) >= 11 is 0. The zero-order chi connectivity index (χ0) is 40.0. The van der Waals surface area contributed by atoms with Gasteiger partial charge in [0.15, 0.2) is 17.9 Å². The first-order valence-corrected chi connectivity index (χ1v) is 19.8. The van der Waals surface area contributed by atoms with Crippen molar-refractivity contribution >= 4 is 34.9 Å². The van der Waals surface area contributed by atoms with Crippen molar-refractivity contribution in [2.24, 2.45) is 44.7 Å². The van der Waals surface area contributed by atoms with Crippen molar-refractivity contribution in [3.05, 3.63) is 77.4 Å². The second-order valence-electron chi connectivity index (χ2n) is 17.0. The summed E-state index contributed by atoms with van der Waals surface area (Å²) in [6.45, 7) is 8.96. The Kier molecular flexibility index (Phi) is 10.9. The van der Waals surface area contributed by atoms with Gasteiger partial charge in [0, 0.05) is 31.6 Å². The van der Waals surface area contributed by atoms with Crippen molar-refractivity contribution in [1.82, 2.24) is 0 Å². The van der Waals surface area contributed by atoms with E-state index >= 15 is 0 Å². The van der Waals surface area contributed by atoms with Crippen LogP contribution in [-0.2, 0) is 35.0 Å². The summed E-state index contributed by atoms with van der Waals surface area (Å²) in [5, 5.41) is 31.3. The molecule has 5 aliphatic rings. The number of aliphatic hydroxyl groups excluding tert-OH is 2. The van der Waals surface area contributed by atoms with E-state index in [1.807, 2.05) is 32.1 Å². The third-order valence-corrected chi connectivity index (χ3v) is 12.8. The molecule has 2 aromatic carbocycles. The van der Waals surface area contributed by atoms with Gasteiger partial charge < -0.3 is 29.2 Å². The van der Waals surface area contributed by atoms with Gasteiger partial charge in [-0.1, -0.05) is 57.0 Å². The number of rotatable bonds is 12. The van der Waals surface area contributed by atoms with Crippen molar-refractivity contribution < 1.29 is 48.3 Å². The van der Waals surface area contributed by atoms with Gasteiger partial charge in [-0.2, -0.15) is 10.2 Å². The maximum Gasteiger partial charge on any atom is 0.345 e. The molecule has 12 heteroatoms. The Morgan fingerprint density at radius 1 is 1.05 bits per heavy atom. The smallest absolute Gasteiger partial charge is 0.345 e. The Balaban J connectivity index is 1.02. The van der Waals surface area contributed by atoms with Crippen LogP contribution in [0.2, 0.25) is 0 Å². The lowest BCUT2D eigenvalue weighted by Gasteiger charge is -2.58. The molecule has 3 saturated carbocycles. The Labute approximate surface area is 327 Å². The number of ether oxygens (including phenoxy) is 4. The molecular formula is C44H52N2O10. The number of fused-ring (bicyclic) bond motifs is 6. The number of aliphatic hydroxyl groups is 2. The minimum absolute atomic E-state index is 0.00967. The predicted octanol–water partition coefficient (Wildman–Crippen LogP) is 7.44. The van der Waals surface area contributed by atoms with Crippen LogP contribution in [-0.4, -0.2) is 64.6 Å². The van der Waals surface area contributed by atoms with Crippen LogP contribution in [0.15, 0.2) is 76.5 Å². The lowest BCUT2D eigenvalue weighted by molar-refractivity contribution is -0.170. The van der Waals surface area contributed by atoms with E-state index in [0.29, 0.717) is 42.8 Å². The van der Waals surface area contributed by atoms with Crippen LogP contribution in [0.4, 0.5) is 11.4 Å². The van der Waals surface area contributed by atoms with E-state index in [2.05, 4.69) is 17.2 Å². The van der Waals surface area contributed by atoms with Crippen LogP contribution in [0.3, 0.4) is 0 Å². The fourth-order valence-corrected chi connectivity index (χ4v) is 10.4. The molecule has 7 rings (SSSR count). The summed E-state index contributed by atoms with van der Waals surface area (Å²) in [5.74, 6) is -2.77. The van der Waals surface area contributed by atoms with Gasteiger partial charge in [-0.25, -0.2) is 4.79 Å². The molecule has 0 radical (unpaired) electrons. The van der Waals surface area contributed by atoms with Gasteiger partial charge in [-0.05, 0) is 97.8 Å². The summed E-state index contributed by atoms with van der Waals surface area (Å²) in [7, 11) is 0. The normalized spacial score (nSPS) is 31.9. The van der Waals surface area contributed by atoms with Crippen LogP contribution in [0, 0.1) is 34.5 Å². The Morgan fingerprint density at radius 2 is 1.84 bits per heavy atom. The number of benzene rings is 2. The largest absolute Gasteiger partial charge is 0.458 e. The number of carbonyl (C=O) groups excluding carboxylic acids is 4. The molecule has 0 spiro atoms. The van der Waals surface area contributed by atoms with Gasteiger partial charge in [0.25, 0.3) is 0 Å². The number of esters is 2. The highest BCUT2D eigenvalue weighted by atomic mass is 16.7. The number of nitrogens with zero attached hydrogens (tertiary/aromatic N) is 2. The second-order valence-corrected chi connectivity index (χ2v) is 17.0. The Hall–Kier alpha value is -4.52. The molecule has 9 atom stereocenters. The third kappa shape index (κ3) is 7.63. The monoisotopic (exact) mass is 768 g/mol. The minimum atomic E-state index is -1.07. The molecule has 1 aliphatic heterocycles. The predicted molar refractivity (Wildman–Crippen MR) is 204 cm³/mol. The summed E-state index contributed by atoms with van der Waals surface area (Å²) in [4.78, 5) is 52.1. The Morgan fingerprint density at radius 3 is 2.62 bits per heavy atom. The van der Waals surface area contributed by atoms with E-state index < -0.39 is 59.6 Å². The zero-order valence-corrected chi connectivity index (χ0v) is 32.7. The lowest BCUT2D eigenvalue weighted by Crippen LogP contribution is -2.56. The molecule has 3 fully saturated rings. The molecule has 0 amide bonds. The quantitative estimate of drug-likeness (QED) is 0.126.